The van der Waals surface area contributed by atoms with Crippen LogP contribution in [0, 0.1) is 0 Å². The SMILES string of the molecule is CC(C)n1cc(C(=O)c2cncc(NC(=O)c3ccnc4ncsc34)c2)c2cncnc21. The van der Waals surface area contributed by atoms with Gasteiger partial charge in [-0.05, 0) is 26.0 Å². The minimum atomic E-state index is -0.321. The van der Waals surface area contributed by atoms with E-state index in [1.807, 2.05) is 18.4 Å². The summed E-state index contributed by atoms with van der Waals surface area (Å²) in [7, 11) is 0. The van der Waals surface area contributed by atoms with Crippen LogP contribution in [0.3, 0.4) is 0 Å². The molecule has 5 aromatic heterocycles. The van der Waals surface area contributed by atoms with Crippen LogP contribution in [-0.2, 0) is 0 Å². The third kappa shape index (κ3) is 3.40. The lowest BCUT2D eigenvalue weighted by Gasteiger charge is -2.07. The Labute approximate surface area is 186 Å². The molecular formula is C22H17N7O2S. The average molecular weight is 443 g/mol. The number of pyridine rings is 2. The number of nitrogens with zero attached hydrogens (tertiary/aromatic N) is 6. The maximum Gasteiger partial charge on any atom is 0.257 e. The molecule has 5 rings (SSSR count). The molecule has 0 aliphatic rings. The van der Waals surface area contributed by atoms with E-state index in [-0.39, 0.29) is 17.7 Å². The minimum Gasteiger partial charge on any atom is -0.329 e. The van der Waals surface area contributed by atoms with E-state index in [0.717, 1.165) is 0 Å². The Morgan fingerprint density at radius 3 is 2.78 bits per heavy atom. The third-order valence-corrected chi connectivity index (χ3v) is 5.88. The first-order chi connectivity index (χ1) is 15.5. The van der Waals surface area contributed by atoms with Gasteiger partial charge in [0.2, 0.25) is 0 Å². The zero-order chi connectivity index (χ0) is 22.2. The summed E-state index contributed by atoms with van der Waals surface area (Å²) in [6.45, 7) is 4.04. The minimum absolute atomic E-state index is 0.127. The second-order valence-electron chi connectivity index (χ2n) is 7.41. The smallest absolute Gasteiger partial charge is 0.257 e. The van der Waals surface area contributed by atoms with Crippen molar-refractivity contribution in [3.05, 3.63) is 71.6 Å². The van der Waals surface area contributed by atoms with E-state index in [4.69, 9.17) is 0 Å². The number of rotatable bonds is 5. The van der Waals surface area contributed by atoms with E-state index in [1.165, 1.54) is 30.1 Å². The van der Waals surface area contributed by atoms with Gasteiger partial charge in [-0.15, -0.1) is 11.3 Å². The molecule has 0 saturated heterocycles. The van der Waals surface area contributed by atoms with Crippen LogP contribution in [0.4, 0.5) is 5.69 Å². The molecule has 32 heavy (non-hydrogen) atoms. The first-order valence-corrected chi connectivity index (χ1v) is 10.7. The Balaban J connectivity index is 1.47. The largest absolute Gasteiger partial charge is 0.329 e. The standard InChI is InChI=1S/C22H17N7O2S/c1-12(2)29-9-17(16-8-24-10-26-21(16)29)18(30)13-5-14(7-23-6-13)28-22(31)15-3-4-25-20-19(15)32-11-27-20/h3-12H,1-2H3,(H,28,31). The van der Waals surface area contributed by atoms with Gasteiger partial charge < -0.3 is 9.88 Å². The number of nitrogens with one attached hydrogen (secondary N) is 1. The summed E-state index contributed by atoms with van der Waals surface area (Å²) in [6.07, 6.45) is 9.41. The quantitative estimate of drug-likeness (QED) is 0.410. The highest BCUT2D eigenvalue weighted by Gasteiger charge is 2.20. The molecule has 5 aromatic rings. The van der Waals surface area contributed by atoms with Gasteiger partial charge in [-0.1, -0.05) is 0 Å². The zero-order valence-electron chi connectivity index (χ0n) is 17.2. The second kappa shape index (κ2) is 7.89. The van der Waals surface area contributed by atoms with Crippen LogP contribution in [0.1, 0.15) is 46.2 Å². The van der Waals surface area contributed by atoms with Crippen molar-refractivity contribution >= 4 is 50.1 Å². The van der Waals surface area contributed by atoms with Crippen LogP contribution in [-0.4, -0.2) is 41.2 Å². The molecule has 0 unspecified atom stereocenters. The normalized spacial score (nSPS) is 11.3. The Hall–Kier alpha value is -4.05. The van der Waals surface area contributed by atoms with E-state index in [1.54, 1.807) is 36.2 Å². The molecule has 0 bridgehead atoms. The second-order valence-corrected chi connectivity index (χ2v) is 8.27. The number of aromatic nitrogens is 6. The fourth-order valence-electron chi connectivity index (χ4n) is 3.50. The van der Waals surface area contributed by atoms with Crippen molar-refractivity contribution in [2.75, 3.05) is 5.32 Å². The van der Waals surface area contributed by atoms with Gasteiger partial charge in [0, 0.05) is 41.8 Å². The number of carbonyl (C=O) groups is 2. The molecule has 10 heteroatoms. The van der Waals surface area contributed by atoms with Crippen molar-refractivity contribution in [3.8, 4) is 0 Å². The van der Waals surface area contributed by atoms with E-state index in [9.17, 15) is 9.59 Å². The van der Waals surface area contributed by atoms with Crippen molar-refractivity contribution in [2.45, 2.75) is 19.9 Å². The van der Waals surface area contributed by atoms with Crippen LogP contribution >= 0.6 is 11.3 Å². The molecule has 0 radical (unpaired) electrons. The number of thiazole rings is 1. The van der Waals surface area contributed by atoms with Gasteiger partial charge in [0.1, 0.15) is 12.0 Å². The summed E-state index contributed by atoms with van der Waals surface area (Å²) in [5.41, 5.74) is 4.58. The maximum atomic E-state index is 13.3. The number of carbonyl (C=O) groups excluding carboxylic acids is 2. The zero-order valence-corrected chi connectivity index (χ0v) is 18.0. The Morgan fingerprint density at radius 2 is 1.94 bits per heavy atom. The number of hydrogen-bond donors (Lipinski definition) is 1. The topological polar surface area (TPSA) is 116 Å². The van der Waals surface area contributed by atoms with Gasteiger partial charge in [-0.3, -0.25) is 14.6 Å². The highest BCUT2D eigenvalue weighted by atomic mass is 32.1. The monoisotopic (exact) mass is 443 g/mol. The number of hydrogen-bond acceptors (Lipinski definition) is 8. The van der Waals surface area contributed by atoms with Crippen molar-refractivity contribution in [3.63, 3.8) is 0 Å². The summed E-state index contributed by atoms with van der Waals surface area (Å²) in [6, 6.07) is 3.38. The van der Waals surface area contributed by atoms with E-state index in [2.05, 4.69) is 30.2 Å². The lowest BCUT2D eigenvalue weighted by Crippen LogP contribution is -2.13. The molecule has 0 fully saturated rings. The first-order valence-electron chi connectivity index (χ1n) is 9.83. The average Bonchev–Trinajstić information content (AvgIpc) is 3.43. The Morgan fingerprint density at radius 1 is 1.06 bits per heavy atom. The van der Waals surface area contributed by atoms with Crippen molar-refractivity contribution in [2.24, 2.45) is 0 Å². The lowest BCUT2D eigenvalue weighted by atomic mass is 10.1. The predicted octanol–water partition coefficient (Wildman–Crippen LogP) is 3.90. The van der Waals surface area contributed by atoms with E-state index in [0.29, 0.717) is 43.8 Å². The molecule has 0 saturated carbocycles. The highest BCUT2D eigenvalue weighted by molar-refractivity contribution is 7.17. The Kier molecular flexibility index (Phi) is 4.91. The molecule has 1 N–H and O–H groups in total. The summed E-state index contributed by atoms with van der Waals surface area (Å²) in [4.78, 5) is 47.0. The lowest BCUT2D eigenvalue weighted by molar-refractivity contribution is 0.102. The summed E-state index contributed by atoms with van der Waals surface area (Å²) < 4.78 is 2.64. The molecule has 5 heterocycles. The van der Waals surface area contributed by atoms with Crippen LogP contribution in [0.25, 0.3) is 21.4 Å². The van der Waals surface area contributed by atoms with Crippen molar-refractivity contribution in [1.29, 1.82) is 0 Å². The van der Waals surface area contributed by atoms with E-state index >= 15 is 0 Å². The first kappa shape index (κ1) is 19.9. The molecular weight excluding hydrogens is 426 g/mol. The molecule has 0 spiro atoms. The molecule has 1 amide bonds. The van der Waals surface area contributed by atoms with Gasteiger partial charge in [-0.25, -0.2) is 19.9 Å². The summed E-state index contributed by atoms with van der Waals surface area (Å²) in [5, 5.41) is 3.49. The fraction of sp³-hybridized carbons (Fsp3) is 0.136. The van der Waals surface area contributed by atoms with Gasteiger partial charge >= 0.3 is 0 Å². The van der Waals surface area contributed by atoms with Crippen LogP contribution in [0.2, 0.25) is 0 Å². The fourth-order valence-corrected chi connectivity index (χ4v) is 4.26. The van der Waals surface area contributed by atoms with Gasteiger partial charge in [-0.2, -0.15) is 0 Å². The van der Waals surface area contributed by atoms with Gasteiger partial charge in [0.15, 0.2) is 11.4 Å². The maximum absolute atomic E-state index is 13.3. The number of ketones is 1. The molecule has 0 aliphatic heterocycles. The van der Waals surface area contributed by atoms with Crippen molar-refractivity contribution < 1.29 is 9.59 Å². The predicted molar refractivity (Wildman–Crippen MR) is 121 cm³/mol. The van der Waals surface area contributed by atoms with Crippen molar-refractivity contribution in [1.82, 2.24) is 29.5 Å². The molecule has 0 atom stereocenters. The van der Waals surface area contributed by atoms with Crippen LogP contribution in [0.15, 0.2) is 55.0 Å². The molecule has 0 aromatic carbocycles. The summed E-state index contributed by atoms with van der Waals surface area (Å²) in [5.74, 6) is -0.542. The number of fused-ring (bicyclic) bond motifs is 2. The number of amides is 1. The molecule has 158 valence electrons. The number of anilines is 1. The van der Waals surface area contributed by atoms with E-state index < -0.39 is 0 Å². The third-order valence-electron chi connectivity index (χ3n) is 5.03. The Bertz CT molecular complexity index is 1490. The molecule has 9 nitrogen and oxygen atoms in total. The van der Waals surface area contributed by atoms with Gasteiger partial charge in [0.05, 0.1) is 33.2 Å². The summed E-state index contributed by atoms with van der Waals surface area (Å²) >= 11 is 1.35. The van der Waals surface area contributed by atoms with Crippen LogP contribution in [0.5, 0.6) is 0 Å². The van der Waals surface area contributed by atoms with Crippen LogP contribution < -0.4 is 5.32 Å². The molecule has 0 aliphatic carbocycles. The van der Waals surface area contributed by atoms with Gasteiger partial charge in [0.25, 0.3) is 5.91 Å². The highest BCUT2D eigenvalue weighted by Crippen LogP contribution is 2.26.